The Balaban J connectivity index is 0.00000364. The number of hydrogen-bond donors (Lipinski definition) is 3. The van der Waals surface area contributed by atoms with Crippen molar-refractivity contribution in [2.45, 2.75) is 20.0 Å². The van der Waals surface area contributed by atoms with Gasteiger partial charge in [0.1, 0.15) is 0 Å². The number of aromatic nitrogens is 1. The standard InChI is InChI=1S/C19H26N4O3.HI/c1-4-21-19(22-13-16(24)14-8-10-20-11-9-14)23-15-6-7-17(26-5-2)18(12-15)25-3;/h6-12,16,24H,4-5,13H2,1-3H3,(H2,21,22,23);1H. The number of halogens is 1. The Morgan fingerprint density at radius 3 is 2.56 bits per heavy atom. The largest absolute Gasteiger partial charge is 0.493 e. The van der Waals surface area contributed by atoms with Crippen LogP contribution in [-0.4, -0.2) is 42.9 Å². The number of benzene rings is 1. The van der Waals surface area contributed by atoms with Crippen molar-refractivity contribution in [2.75, 3.05) is 32.1 Å². The van der Waals surface area contributed by atoms with Crippen molar-refractivity contribution in [1.82, 2.24) is 10.3 Å². The molecule has 7 nitrogen and oxygen atoms in total. The minimum atomic E-state index is -0.691. The zero-order valence-corrected chi connectivity index (χ0v) is 18.1. The molecule has 0 aliphatic rings. The lowest BCUT2D eigenvalue weighted by atomic mass is 10.1. The average Bonchev–Trinajstić information content (AvgIpc) is 2.68. The summed E-state index contributed by atoms with van der Waals surface area (Å²) >= 11 is 0. The molecule has 2 rings (SSSR count). The van der Waals surface area contributed by atoms with Crippen LogP contribution in [0.25, 0.3) is 0 Å². The average molecular weight is 486 g/mol. The van der Waals surface area contributed by atoms with E-state index in [9.17, 15) is 5.11 Å². The van der Waals surface area contributed by atoms with Crippen LogP contribution in [0, 0.1) is 0 Å². The molecule has 0 bridgehead atoms. The summed E-state index contributed by atoms with van der Waals surface area (Å²) in [4.78, 5) is 8.40. The summed E-state index contributed by atoms with van der Waals surface area (Å²) in [6.45, 7) is 5.41. The molecular formula is C19H27IN4O3. The summed E-state index contributed by atoms with van der Waals surface area (Å²) in [7, 11) is 1.60. The maximum absolute atomic E-state index is 10.3. The van der Waals surface area contributed by atoms with Crippen molar-refractivity contribution in [3.05, 3.63) is 48.3 Å². The molecular weight excluding hydrogens is 459 g/mol. The number of rotatable bonds is 8. The minimum Gasteiger partial charge on any atom is -0.493 e. The van der Waals surface area contributed by atoms with E-state index in [0.29, 0.717) is 30.6 Å². The predicted molar refractivity (Wildman–Crippen MR) is 118 cm³/mol. The van der Waals surface area contributed by atoms with Gasteiger partial charge in [-0.15, -0.1) is 24.0 Å². The van der Waals surface area contributed by atoms with Crippen molar-refractivity contribution in [1.29, 1.82) is 0 Å². The van der Waals surface area contributed by atoms with Crippen molar-refractivity contribution in [3.8, 4) is 11.5 Å². The molecule has 0 fully saturated rings. The van der Waals surface area contributed by atoms with Crippen LogP contribution >= 0.6 is 24.0 Å². The van der Waals surface area contributed by atoms with Gasteiger partial charge in [0.15, 0.2) is 17.5 Å². The second-order valence-electron chi connectivity index (χ2n) is 5.44. The molecule has 1 unspecified atom stereocenters. The van der Waals surface area contributed by atoms with Crippen LogP contribution in [-0.2, 0) is 0 Å². The summed E-state index contributed by atoms with van der Waals surface area (Å²) in [5, 5.41) is 16.6. The second-order valence-corrected chi connectivity index (χ2v) is 5.44. The minimum absolute atomic E-state index is 0. The van der Waals surface area contributed by atoms with E-state index in [2.05, 4.69) is 20.6 Å². The third kappa shape index (κ3) is 7.22. The number of anilines is 1. The van der Waals surface area contributed by atoms with Gasteiger partial charge in [0.2, 0.25) is 0 Å². The Morgan fingerprint density at radius 2 is 1.93 bits per heavy atom. The Labute approximate surface area is 177 Å². The monoisotopic (exact) mass is 486 g/mol. The molecule has 0 radical (unpaired) electrons. The summed E-state index contributed by atoms with van der Waals surface area (Å²) in [5.41, 5.74) is 1.59. The van der Waals surface area contributed by atoms with Gasteiger partial charge in [-0.25, -0.2) is 4.99 Å². The highest BCUT2D eigenvalue weighted by atomic mass is 127. The van der Waals surface area contributed by atoms with E-state index in [1.54, 1.807) is 31.6 Å². The zero-order valence-electron chi connectivity index (χ0n) is 15.8. The van der Waals surface area contributed by atoms with Gasteiger partial charge in [-0.05, 0) is 43.7 Å². The fourth-order valence-electron chi connectivity index (χ4n) is 2.33. The fourth-order valence-corrected chi connectivity index (χ4v) is 2.33. The van der Waals surface area contributed by atoms with Crippen LogP contribution in [0.5, 0.6) is 11.5 Å². The molecule has 8 heteroatoms. The topological polar surface area (TPSA) is 88.0 Å². The smallest absolute Gasteiger partial charge is 0.195 e. The molecule has 0 aliphatic heterocycles. The number of nitrogens with one attached hydrogen (secondary N) is 2. The molecule has 1 heterocycles. The van der Waals surface area contributed by atoms with Crippen LogP contribution in [0.4, 0.5) is 5.69 Å². The summed E-state index contributed by atoms with van der Waals surface area (Å²) < 4.78 is 10.9. The third-order valence-corrected chi connectivity index (χ3v) is 3.58. The summed E-state index contributed by atoms with van der Waals surface area (Å²) in [6, 6.07) is 9.13. The van der Waals surface area contributed by atoms with E-state index >= 15 is 0 Å². The second kappa shape index (κ2) is 12.3. The Hall–Kier alpha value is -2.07. The molecule has 1 aromatic carbocycles. The molecule has 0 spiro atoms. The number of aliphatic imine (C=N–C) groups is 1. The fraction of sp³-hybridized carbons (Fsp3) is 0.368. The van der Waals surface area contributed by atoms with Gasteiger partial charge in [0.25, 0.3) is 0 Å². The first kappa shape index (κ1) is 23.0. The molecule has 0 amide bonds. The van der Waals surface area contributed by atoms with Crippen LogP contribution < -0.4 is 20.1 Å². The van der Waals surface area contributed by atoms with E-state index < -0.39 is 6.10 Å². The first-order chi connectivity index (χ1) is 12.7. The Kier molecular flexibility index (Phi) is 10.5. The maximum atomic E-state index is 10.3. The number of aliphatic hydroxyl groups excluding tert-OH is 1. The number of guanidine groups is 1. The maximum Gasteiger partial charge on any atom is 0.195 e. The number of hydrogen-bond acceptors (Lipinski definition) is 5. The molecule has 2 aromatic rings. The lowest BCUT2D eigenvalue weighted by Crippen LogP contribution is -2.31. The highest BCUT2D eigenvalue weighted by Crippen LogP contribution is 2.30. The van der Waals surface area contributed by atoms with E-state index in [1.165, 1.54) is 0 Å². The molecule has 3 N–H and O–H groups in total. The van der Waals surface area contributed by atoms with Crippen molar-refractivity contribution in [2.24, 2.45) is 4.99 Å². The summed E-state index contributed by atoms with van der Waals surface area (Å²) in [5.74, 6) is 1.91. The van der Waals surface area contributed by atoms with Crippen molar-refractivity contribution in [3.63, 3.8) is 0 Å². The van der Waals surface area contributed by atoms with Crippen LogP contribution in [0.1, 0.15) is 25.5 Å². The number of ether oxygens (including phenoxy) is 2. The normalized spacial score (nSPS) is 11.9. The summed E-state index contributed by atoms with van der Waals surface area (Å²) in [6.07, 6.45) is 2.61. The first-order valence-electron chi connectivity index (χ1n) is 8.62. The number of aliphatic hydroxyl groups is 1. The first-order valence-corrected chi connectivity index (χ1v) is 8.62. The quantitative estimate of drug-likeness (QED) is 0.302. The molecule has 0 saturated heterocycles. The van der Waals surface area contributed by atoms with Crippen LogP contribution in [0.2, 0.25) is 0 Å². The molecule has 0 aliphatic carbocycles. The Bertz CT molecular complexity index is 713. The molecule has 1 aromatic heterocycles. The van der Waals surface area contributed by atoms with E-state index in [0.717, 1.165) is 11.3 Å². The highest BCUT2D eigenvalue weighted by molar-refractivity contribution is 14.0. The van der Waals surface area contributed by atoms with Gasteiger partial charge in [0.05, 0.1) is 26.4 Å². The molecule has 148 valence electrons. The van der Waals surface area contributed by atoms with Gasteiger partial charge in [-0.1, -0.05) is 0 Å². The van der Waals surface area contributed by atoms with Crippen LogP contribution in [0.3, 0.4) is 0 Å². The van der Waals surface area contributed by atoms with Gasteiger partial charge in [-0.2, -0.15) is 0 Å². The van der Waals surface area contributed by atoms with Gasteiger partial charge < -0.3 is 25.2 Å². The number of methoxy groups -OCH3 is 1. The SMILES string of the molecule is CCNC(=NCC(O)c1ccncc1)Nc1ccc(OCC)c(OC)c1.I. The number of pyridine rings is 1. The van der Waals surface area contributed by atoms with E-state index in [-0.39, 0.29) is 30.5 Å². The van der Waals surface area contributed by atoms with E-state index in [1.807, 2.05) is 32.0 Å². The van der Waals surface area contributed by atoms with Gasteiger partial charge >= 0.3 is 0 Å². The molecule has 27 heavy (non-hydrogen) atoms. The van der Waals surface area contributed by atoms with Crippen molar-refractivity contribution < 1.29 is 14.6 Å². The third-order valence-electron chi connectivity index (χ3n) is 3.58. The molecule has 0 saturated carbocycles. The number of nitrogens with zero attached hydrogens (tertiary/aromatic N) is 2. The van der Waals surface area contributed by atoms with E-state index in [4.69, 9.17) is 9.47 Å². The lowest BCUT2D eigenvalue weighted by molar-refractivity contribution is 0.187. The van der Waals surface area contributed by atoms with Gasteiger partial charge in [-0.3, -0.25) is 4.98 Å². The van der Waals surface area contributed by atoms with Crippen LogP contribution in [0.15, 0.2) is 47.7 Å². The van der Waals surface area contributed by atoms with Gasteiger partial charge in [0, 0.05) is 30.7 Å². The van der Waals surface area contributed by atoms with Crippen molar-refractivity contribution >= 4 is 35.6 Å². The lowest BCUT2D eigenvalue weighted by Gasteiger charge is -2.15. The predicted octanol–water partition coefficient (Wildman–Crippen LogP) is 3.22. The Morgan fingerprint density at radius 1 is 1.19 bits per heavy atom. The highest BCUT2D eigenvalue weighted by Gasteiger charge is 2.09. The molecule has 1 atom stereocenters. The zero-order chi connectivity index (χ0) is 18.8.